The van der Waals surface area contributed by atoms with Crippen molar-refractivity contribution in [1.29, 1.82) is 0 Å². The number of ether oxygens (including phenoxy) is 2. The zero-order valence-electron chi connectivity index (χ0n) is 20.4. The van der Waals surface area contributed by atoms with Gasteiger partial charge in [0.05, 0.1) is 14.2 Å². The van der Waals surface area contributed by atoms with Gasteiger partial charge in [0.15, 0.2) is 22.7 Å². The third kappa shape index (κ3) is 5.07. The Morgan fingerprint density at radius 2 is 1.69 bits per heavy atom. The summed E-state index contributed by atoms with van der Waals surface area (Å²) in [6.07, 6.45) is 5.17. The van der Waals surface area contributed by atoms with Crippen molar-refractivity contribution in [2.45, 2.75) is 58.5 Å². The Morgan fingerprint density at radius 3 is 2.43 bits per heavy atom. The molecule has 1 N–H and O–H groups in total. The Bertz CT molecular complexity index is 1450. The van der Waals surface area contributed by atoms with E-state index in [0.29, 0.717) is 36.7 Å². The van der Waals surface area contributed by atoms with Gasteiger partial charge in [0.2, 0.25) is 5.28 Å². The molecule has 4 aromatic rings. The van der Waals surface area contributed by atoms with Crippen LogP contribution < -0.4 is 20.7 Å². The summed E-state index contributed by atoms with van der Waals surface area (Å²) >= 11 is 6.03. The van der Waals surface area contributed by atoms with E-state index in [1.807, 2.05) is 24.3 Å². The number of unbranched alkanes of at least 4 members (excludes halogenated alkanes) is 3. The lowest BCUT2D eigenvalue weighted by Crippen LogP contribution is -2.40. The number of hydrogen-bond acceptors (Lipinski definition) is 5. The number of rotatable bonds is 11. The van der Waals surface area contributed by atoms with Gasteiger partial charge in [0, 0.05) is 13.1 Å². The van der Waals surface area contributed by atoms with E-state index < -0.39 is 0 Å². The van der Waals surface area contributed by atoms with Gasteiger partial charge in [-0.15, -0.1) is 0 Å². The lowest BCUT2D eigenvalue weighted by Gasteiger charge is -2.13. The molecule has 0 spiro atoms. The first kappa shape index (κ1) is 24.9. The van der Waals surface area contributed by atoms with Crippen molar-refractivity contribution >= 4 is 33.5 Å². The number of nitrogens with one attached hydrogen (secondary N) is 1. The van der Waals surface area contributed by atoms with Crippen molar-refractivity contribution < 1.29 is 9.47 Å². The maximum absolute atomic E-state index is 13.2. The van der Waals surface area contributed by atoms with Crippen LogP contribution in [0.4, 0.5) is 0 Å². The Balaban J connectivity index is 1.54. The van der Waals surface area contributed by atoms with Gasteiger partial charge in [0.1, 0.15) is 0 Å². The number of halogens is 1. The second kappa shape index (κ2) is 11.0. The fourth-order valence-corrected chi connectivity index (χ4v) is 4.70. The molecule has 0 saturated heterocycles. The van der Waals surface area contributed by atoms with E-state index in [1.165, 1.54) is 10.1 Å². The van der Waals surface area contributed by atoms with E-state index in [4.69, 9.17) is 21.1 Å². The van der Waals surface area contributed by atoms with Crippen molar-refractivity contribution in [1.82, 2.24) is 19.1 Å². The van der Waals surface area contributed by atoms with Gasteiger partial charge in [-0.25, -0.2) is 4.79 Å². The topological polar surface area (TPSA) is 91.1 Å². The number of benzene rings is 2. The summed E-state index contributed by atoms with van der Waals surface area (Å²) in [6, 6.07) is 10.1. The fourth-order valence-electron chi connectivity index (χ4n) is 4.53. The van der Waals surface area contributed by atoms with E-state index in [1.54, 1.807) is 18.8 Å². The van der Waals surface area contributed by atoms with Crippen LogP contribution in [0, 0.1) is 0 Å². The number of imidazole rings is 1. The number of hydrogen-bond donors (Lipinski definition) is 1. The Kier molecular flexibility index (Phi) is 7.80. The largest absolute Gasteiger partial charge is 0.493 e. The Hall–Kier alpha value is -3.26. The summed E-state index contributed by atoms with van der Waals surface area (Å²) < 4.78 is 13.8. The van der Waals surface area contributed by atoms with Crippen LogP contribution in [0.25, 0.3) is 21.9 Å². The number of aromatic nitrogens is 4. The summed E-state index contributed by atoms with van der Waals surface area (Å²) in [5.41, 5.74) is 1.09. The first-order valence-electron chi connectivity index (χ1n) is 12.0. The van der Waals surface area contributed by atoms with Gasteiger partial charge in [-0.2, -0.15) is 4.98 Å². The number of aromatic amines is 1. The summed E-state index contributed by atoms with van der Waals surface area (Å²) in [5, 5.41) is 2.29. The highest BCUT2D eigenvalue weighted by atomic mass is 35.5. The average molecular weight is 499 g/mol. The SMILES string of the molecule is CCCCCn1c(=O)n(CCCCc2cccc3cc(OC)c(OC)cc23)c(=O)c2[nH]c(Cl)nc21. The van der Waals surface area contributed by atoms with E-state index in [2.05, 4.69) is 23.0 Å². The lowest BCUT2D eigenvalue weighted by molar-refractivity contribution is 0.356. The van der Waals surface area contributed by atoms with Gasteiger partial charge in [0.25, 0.3) is 5.56 Å². The molecule has 0 amide bonds. The monoisotopic (exact) mass is 498 g/mol. The molecule has 0 aliphatic rings. The van der Waals surface area contributed by atoms with Crippen molar-refractivity contribution in [3.05, 3.63) is 62.0 Å². The minimum Gasteiger partial charge on any atom is -0.493 e. The highest BCUT2D eigenvalue weighted by molar-refractivity contribution is 6.29. The third-order valence-corrected chi connectivity index (χ3v) is 6.55. The predicted molar refractivity (Wildman–Crippen MR) is 139 cm³/mol. The summed E-state index contributed by atoms with van der Waals surface area (Å²) in [7, 11) is 3.25. The van der Waals surface area contributed by atoms with Gasteiger partial charge in [-0.1, -0.05) is 38.0 Å². The minimum absolute atomic E-state index is 0.113. The lowest BCUT2D eigenvalue weighted by atomic mass is 9.99. The molecular formula is C26H31ClN4O4. The molecule has 35 heavy (non-hydrogen) atoms. The molecule has 0 atom stereocenters. The van der Waals surface area contributed by atoms with Crippen LogP contribution >= 0.6 is 11.6 Å². The van der Waals surface area contributed by atoms with Crippen LogP contribution in [0.1, 0.15) is 44.6 Å². The normalized spacial score (nSPS) is 11.4. The molecule has 0 unspecified atom stereocenters. The van der Waals surface area contributed by atoms with Crippen LogP contribution in [-0.2, 0) is 19.5 Å². The van der Waals surface area contributed by atoms with Gasteiger partial charge in [-0.05, 0) is 65.8 Å². The van der Waals surface area contributed by atoms with Crippen LogP contribution in [-0.4, -0.2) is 33.3 Å². The average Bonchev–Trinajstić information content (AvgIpc) is 3.26. The molecular weight excluding hydrogens is 468 g/mol. The van der Waals surface area contributed by atoms with Crippen molar-refractivity contribution in [3.8, 4) is 11.5 Å². The molecule has 0 bridgehead atoms. The van der Waals surface area contributed by atoms with E-state index in [-0.39, 0.29) is 22.0 Å². The highest BCUT2D eigenvalue weighted by Crippen LogP contribution is 2.34. The van der Waals surface area contributed by atoms with E-state index in [0.717, 1.165) is 42.9 Å². The van der Waals surface area contributed by atoms with Crippen LogP contribution in [0.15, 0.2) is 39.9 Å². The second-order valence-electron chi connectivity index (χ2n) is 8.63. The molecule has 0 aliphatic heterocycles. The Labute approximate surface area is 208 Å². The molecule has 9 heteroatoms. The molecule has 4 rings (SSSR count). The number of nitrogens with zero attached hydrogens (tertiary/aromatic N) is 3. The van der Waals surface area contributed by atoms with Gasteiger partial charge >= 0.3 is 5.69 Å². The fraction of sp³-hybridized carbons (Fsp3) is 0.423. The van der Waals surface area contributed by atoms with Crippen LogP contribution in [0.5, 0.6) is 11.5 Å². The molecule has 0 saturated carbocycles. The highest BCUT2D eigenvalue weighted by Gasteiger charge is 2.17. The standard InChI is InChI=1S/C26H31ClN4O4/c1-4-5-7-13-30-23-22(28-25(27)29-23)24(32)31(26(30)33)14-8-6-10-17-11-9-12-18-15-20(34-2)21(35-3)16-19(17)18/h9,11-12,15-16H,4-8,10,13-14H2,1-3H3,(H,28,29). The first-order chi connectivity index (χ1) is 17.0. The van der Waals surface area contributed by atoms with Crippen molar-refractivity contribution in [2.75, 3.05) is 14.2 Å². The maximum atomic E-state index is 13.2. The van der Waals surface area contributed by atoms with Crippen molar-refractivity contribution in [2.24, 2.45) is 0 Å². The number of fused-ring (bicyclic) bond motifs is 2. The van der Waals surface area contributed by atoms with E-state index in [9.17, 15) is 9.59 Å². The van der Waals surface area contributed by atoms with Gasteiger partial charge < -0.3 is 14.5 Å². The maximum Gasteiger partial charge on any atom is 0.332 e. The summed E-state index contributed by atoms with van der Waals surface area (Å²) in [6.45, 7) is 2.94. The molecule has 0 aliphatic carbocycles. The number of aryl methyl sites for hydroxylation is 2. The minimum atomic E-state index is -0.377. The molecule has 0 fully saturated rings. The molecule has 2 aromatic heterocycles. The van der Waals surface area contributed by atoms with E-state index >= 15 is 0 Å². The Morgan fingerprint density at radius 1 is 0.971 bits per heavy atom. The van der Waals surface area contributed by atoms with Crippen LogP contribution in [0.3, 0.4) is 0 Å². The second-order valence-corrected chi connectivity index (χ2v) is 8.98. The zero-order valence-corrected chi connectivity index (χ0v) is 21.2. The molecule has 0 radical (unpaired) electrons. The smallest absolute Gasteiger partial charge is 0.332 e. The third-order valence-electron chi connectivity index (χ3n) is 6.37. The summed E-state index contributed by atoms with van der Waals surface area (Å²) in [4.78, 5) is 33.2. The van der Waals surface area contributed by atoms with Crippen LogP contribution in [0.2, 0.25) is 5.28 Å². The van der Waals surface area contributed by atoms with Gasteiger partial charge in [-0.3, -0.25) is 13.9 Å². The molecule has 186 valence electrons. The molecule has 2 heterocycles. The predicted octanol–water partition coefficient (Wildman–Crippen LogP) is 4.92. The van der Waals surface area contributed by atoms with Crippen molar-refractivity contribution in [3.63, 3.8) is 0 Å². The quantitative estimate of drug-likeness (QED) is 0.234. The molecule has 2 aromatic carbocycles. The molecule has 8 nitrogen and oxygen atoms in total. The number of methoxy groups -OCH3 is 2. The summed E-state index contributed by atoms with van der Waals surface area (Å²) in [5.74, 6) is 1.38. The zero-order chi connectivity index (χ0) is 24.9. The first-order valence-corrected chi connectivity index (χ1v) is 12.4. The number of H-pyrrole nitrogens is 1.